The van der Waals surface area contributed by atoms with Gasteiger partial charge in [0.1, 0.15) is 18.2 Å². The Kier molecular flexibility index (Phi) is 6.76. The van der Waals surface area contributed by atoms with Crippen LogP contribution >= 0.6 is 0 Å². The number of carbonyl (C=O) groups is 3. The maximum Gasteiger partial charge on any atom is 0.408 e. The molecule has 1 aromatic rings. The molecule has 0 bridgehead atoms. The van der Waals surface area contributed by atoms with Gasteiger partial charge in [-0.3, -0.25) is 4.79 Å². The van der Waals surface area contributed by atoms with Gasteiger partial charge in [0.05, 0.1) is 5.92 Å². The first-order valence-electron chi connectivity index (χ1n) is 7.53. The molecule has 2 N–H and O–H groups in total. The zero-order valence-electron chi connectivity index (χ0n) is 14.2. The monoisotopic (exact) mass is 337 g/mol. The van der Waals surface area contributed by atoms with Gasteiger partial charge >= 0.3 is 18.0 Å². The lowest BCUT2D eigenvalue weighted by molar-refractivity contribution is -0.162. The van der Waals surface area contributed by atoms with Gasteiger partial charge in [-0.1, -0.05) is 30.3 Å². The summed E-state index contributed by atoms with van der Waals surface area (Å²) in [6.07, 6.45) is -0.886. The fourth-order valence-corrected chi connectivity index (χ4v) is 1.79. The van der Waals surface area contributed by atoms with Gasteiger partial charge in [0.2, 0.25) is 0 Å². The summed E-state index contributed by atoms with van der Waals surface area (Å²) in [6, 6.07) is 7.64. The van der Waals surface area contributed by atoms with E-state index in [9.17, 15) is 14.4 Å². The van der Waals surface area contributed by atoms with E-state index in [0.29, 0.717) is 0 Å². The summed E-state index contributed by atoms with van der Waals surface area (Å²) in [5.41, 5.74) is -0.0313. The Morgan fingerprint density at radius 1 is 1.17 bits per heavy atom. The predicted octanol–water partition coefficient (Wildman–Crippen LogP) is 2.34. The molecular weight excluding hydrogens is 314 g/mol. The summed E-state index contributed by atoms with van der Waals surface area (Å²) in [6.45, 7) is 6.28. The minimum Gasteiger partial charge on any atom is -0.481 e. The van der Waals surface area contributed by atoms with Crippen LogP contribution in [0.5, 0.6) is 0 Å². The molecule has 0 aliphatic heterocycles. The number of carboxylic acid groups (broad SMARTS) is 1. The van der Waals surface area contributed by atoms with Crippen LogP contribution in [0.2, 0.25) is 0 Å². The van der Waals surface area contributed by atoms with Crippen LogP contribution in [0.4, 0.5) is 4.79 Å². The molecule has 0 radical (unpaired) electrons. The van der Waals surface area contributed by atoms with Crippen molar-refractivity contribution in [3.8, 4) is 0 Å². The lowest BCUT2D eigenvalue weighted by Gasteiger charge is -2.26. The van der Waals surface area contributed by atoms with Crippen LogP contribution < -0.4 is 5.32 Å². The second-order valence-electron chi connectivity index (χ2n) is 6.34. The molecule has 0 saturated heterocycles. The first-order chi connectivity index (χ1) is 11.1. The topological polar surface area (TPSA) is 102 Å². The molecule has 7 nitrogen and oxygen atoms in total. The number of hydrogen-bond donors (Lipinski definition) is 2. The van der Waals surface area contributed by atoms with Crippen LogP contribution in [0.15, 0.2) is 30.3 Å². The van der Waals surface area contributed by atoms with E-state index < -0.39 is 35.6 Å². The number of benzene rings is 1. The quantitative estimate of drug-likeness (QED) is 0.773. The van der Waals surface area contributed by atoms with Crippen molar-refractivity contribution in [1.82, 2.24) is 5.32 Å². The van der Waals surface area contributed by atoms with Crippen molar-refractivity contribution in [3.63, 3.8) is 0 Å². The molecule has 0 aromatic heterocycles. The molecule has 1 amide bonds. The molecular formula is C17H23NO6. The van der Waals surface area contributed by atoms with E-state index >= 15 is 0 Å². The number of aliphatic carboxylic acids is 1. The third-order valence-electron chi connectivity index (χ3n) is 3.04. The first-order valence-corrected chi connectivity index (χ1v) is 7.53. The van der Waals surface area contributed by atoms with Gasteiger partial charge in [0, 0.05) is 0 Å². The van der Waals surface area contributed by atoms with Crippen molar-refractivity contribution in [2.24, 2.45) is 5.92 Å². The Bertz CT molecular complexity index is 578. The lowest BCUT2D eigenvalue weighted by atomic mass is 10.0. The number of hydrogen-bond acceptors (Lipinski definition) is 5. The maximum atomic E-state index is 12.2. The van der Waals surface area contributed by atoms with E-state index in [0.717, 1.165) is 5.56 Å². The van der Waals surface area contributed by atoms with Crippen LogP contribution in [0.3, 0.4) is 0 Å². The molecule has 1 aromatic carbocycles. The van der Waals surface area contributed by atoms with Crippen LogP contribution in [0.25, 0.3) is 0 Å². The fourth-order valence-electron chi connectivity index (χ4n) is 1.79. The summed E-state index contributed by atoms with van der Waals surface area (Å²) in [7, 11) is 0. The number of amides is 1. The Morgan fingerprint density at radius 3 is 2.25 bits per heavy atom. The molecule has 0 spiro atoms. The third kappa shape index (κ3) is 6.68. The number of carbonyl (C=O) groups excluding carboxylic acids is 2. The molecule has 0 unspecified atom stereocenters. The smallest absolute Gasteiger partial charge is 0.408 e. The third-order valence-corrected chi connectivity index (χ3v) is 3.04. The zero-order valence-corrected chi connectivity index (χ0v) is 14.2. The number of ether oxygens (including phenoxy) is 2. The van der Waals surface area contributed by atoms with Crippen molar-refractivity contribution in [2.45, 2.75) is 45.9 Å². The highest BCUT2D eigenvalue weighted by Gasteiger charge is 2.35. The summed E-state index contributed by atoms with van der Waals surface area (Å²) >= 11 is 0. The Hall–Kier alpha value is -2.57. The zero-order chi connectivity index (χ0) is 18.3. The van der Waals surface area contributed by atoms with Crippen molar-refractivity contribution in [2.75, 3.05) is 0 Å². The minimum absolute atomic E-state index is 0.00909. The van der Waals surface area contributed by atoms with Gasteiger partial charge in [-0.2, -0.15) is 0 Å². The number of carboxylic acids is 1. The second-order valence-corrected chi connectivity index (χ2v) is 6.34. The van der Waals surface area contributed by atoms with Gasteiger partial charge < -0.3 is 19.9 Å². The summed E-state index contributed by atoms with van der Waals surface area (Å²) in [5.74, 6) is -3.22. The largest absolute Gasteiger partial charge is 0.481 e. The van der Waals surface area contributed by atoms with Crippen LogP contribution in [0, 0.1) is 5.92 Å². The number of rotatable bonds is 6. The fraction of sp³-hybridized carbons (Fsp3) is 0.471. The van der Waals surface area contributed by atoms with Crippen molar-refractivity contribution < 1.29 is 29.0 Å². The highest BCUT2D eigenvalue weighted by molar-refractivity contribution is 5.87. The van der Waals surface area contributed by atoms with E-state index in [4.69, 9.17) is 14.6 Å². The SMILES string of the molecule is C[C@@H](C(=O)O)[C@H](NC(=O)OCc1ccccc1)C(=O)OC(C)(C)C. The van der Waals surface area contributed by atoms with Gasteiger partial charge in [-0.05, 0) is 33.3 Å². The summed E-state index contributed by atoms with van der Waals surface area (Å²) < 4.78 is 10.2. The van der Waals surface area contributed by atoms with E-state index in [-0.39, 0.29) is 6.61 Å². The predicted molar refractivity (Wildman–Crippen MR) is 86.2 cm³/mol. The molecule has 132 valence electrons. The van der Waals surface area contributed by atoms with Crippen molar-refractivity contribution >= 4 is 18.0 Å². The molecule has 0 aliphatic rings. The van der Waals surface area contributed by atoms with Crippen LogP contribution in [0.1, 0.15) is 33.3 Å². The molecule has 1 rings (SSSR count). The van der Waals surface area contributed by atoms with E-state index in [2.05, 4.69) is 5.32 Å². The van der Waals surface area contributed by atoms with E-state index in [1.54, 1.807) is 45.0 Å². The first kappa shape index (κ1) is 19.5. The summed E-state index contributed by atoms with van der Waals surface area (Å²) in [5, 5.41) is 11.4. The van der Waals surface area contributed by atoms with Gasteiger partial charge in [0.15, 0.2) is 0 Å². The molecule has 2 atom stereocenters. The minimum atomic E-state index is -1.34. The number of nitrogens with one attached hydrogen (secondary N) is 1. The van der Waals surface area contributed by atoms with Crippen LogP contribution in [-0.2, 0) is 25.7 Å². The van der Waals surface area contributed by atoms with Gasteiger partial charge in [-0.25, -0.2) is 9.59 Å². The molecule has 0 aliphatic carbocycles. The van der Waals surface area contributed by atoms with Crippen molar-refractivity contribution in [1.29, 1.82) is 0 Å². The van der Waals surface area contributed by atoms with Gasteiger partial charge in [-0.15, -0.1) is 0 Å². The van der Waals surface area contributed by atoms with Gasteiger partial charge in [0.25, 0.3) is 0 Å². The number of esters is 1. The molecule has 0 fully saturated rings. The Balaban J connectivity index is 2.71. The molecule has 0 heterocycles. The molecule has 7 heteroatoms. The second kappa shape index (κ2) is 8.33. The van der Waals surface area contributed by atoms with Crippen LogP contribution in [-0.4, -0.2) is 34.8 Å². The Labute approximate surface area is 141 Å². The Morgan fingerprint density at radius 2 is 1.75 bits per heavy atom. The lowest BCUT2D eigenvalue weighted by Crippen LogP contribution is -2.50. The average Bonchev–Trinajstić information content (AvgIpc) is 2.49. The van der Waals surface area contributed by atoms with E-state index in [1.807, 2.05) is 6.07 Å². The highest BCUT2D eigenvalue weighted by Crippen LogP contribution is 2.13. The number of alkyl carbamates (subject to hydrolysis) is 1. The molecule has 24 heavy (non-hydrogen) atoms. The van der Waals surface area contributed by atoms with Crippen molar-refractivity contribution in [3.05, 3.63) is 35.9 Å². The standard InChI is InChI=1S/C17H23NO6/c1-11(14(19)20)13(15(21)24-17(2,3)4)18-16(22)23-10-12-8-6-5-7-9-12/h5-9,11,13H,10H2,1-4H3,(H,18,22)(H,19,20)/t11-,13+/m1/s1. The normalized spacial score (nSPS) is 13.5. The molecule has 0 saturated carbocycles. The average molecular weight is 337 g/mol. The highest BCUT2D eigenvalue weighted by atomic mass is 16.6. The maximum absolute atomic E-state index is 12.2. The van der Waals surface area contributed by atoms with E-state index in [1.165, 1.54) is 6.92 Å². The summed E-state index contributed by atoms with van der Waals surface area (Å²) in [4.78, 5) is 35.2.